The number of aromatic nitrogens is 1. The van der Waals surface area contributed by atoms with Crippen LogP contribution in [-0.4, -0.2) is 23.5 Å². The standard InChI is InChI=1S/C18H20ClN3O2/c19-13-3-4-14-16(2-1-9-24-17(14)11-13)22-18(23)15(20)10-12-5-7-21-8-6-12/h3-8,11,15-16H,1-2,9-10,20H2,(H,22,23)/t15-,16?/m0/s1. The average molecular weight is 346 g/mol. The molecular formula is C18H20ClN3O2. The van der Waals surface area contributed by atoms with Gasteiger partial charge in [0.2, 0.25) is 5.91 Å². The Hall–Kier alpha value is -2.11. The van der Waals surface area contributed by atoms with Crippen molar-refractivity contribution in [1.82, 2.24) is 10.3 Å². The number of nitrogens with zero attached hydrogens (tertiary/aromatic N) is 1. The van der Waals surface area contributed by atoms with Gasteiger partial charge in [0.05, 0.1) is 18.7 Å². The molecule has 0 saturated carbocycles. The second-order valence-corrected chi connectivity index (χ2v) is 6.34. The fraction of sp³-hybridized carbons (Fsp3) is 0.333. The van der Waals surface area contributed by atoms with Crippen LogP contribution in [0.1, 0.15) is 30.0 Å². The van der Waals surface area contributed by atoms with Gasteiger partial charge in [0.15, 0.2) is 0 Å². The lowest BCUT2D eigenvalue weighted by atomic mass is 10.0. The van der Waals surface area contributed by atoms with Crippen molar-refractivity contribution in [3.63, 3.8) is 0 Å². The first-order valence-corrected chi connectivity index (χ1v) is 8.38. The Bertz CT molecular complexity index is 709. The predicted octanol–water partition coefficient (Wildman–Crippen LogP) is 2.63. The Balaban J connectivity index is 1.70. The van der Waals surface area contributed by atoms with Crippen molar-refractivity contribution in [1.29, 1.82) is 0 Å². The second kappa shape index (κ2) is 7.64. The number of nitrogens with two attached hydrogens (primary N) is 1. The van der Waals surface area contributed by atoms with E-state index in [4.69, 9.17) is 22.1 Å². The van der Waals surface area contributed by atoms with Crippen LogP contribution in [0.2, 0.25) is 5.02 Å². The lowest BCUT2D eigenvalue weighted by Gasteiger charge is -2.21. The number of fused-ring (bicyclic) bond motifs is 1. The first-order chi connectivity index (χ1) is 11.6. The molecule has 6 heteroatoms. The van der Waals surface area contributed by atoms with E-state index >= 15 is 0 Å². The molecule has 3 rings (SSSR count). The molecule has 3 N–H and O–H groups in total. The fourth-order valence-electron chi connectivity index (χ4n) is 2.84. The summed E-state index contributed by atoms with van der Waals surface area (Å²) in [7, 11) is 0. The molecule has 0 radical (unpaired) electrons. The minimum absolute atomic E-state index is 0.115. The largest absolute Gasteiger partial charge is 0.493 e. The zero-order chi connectivity index (χ0) is 16.9. The van der Waals surface area contributed by atoms with Crippen LogP contribution in [0.15, 0.2) is 42.7 Å². The third-order valence-corrected chi connectivity index (χ3v) is 4.34. The molecule has 0 bridgehead atoms. The zero-order valence-electron chi connectivity index (χ0n) is 13.2. The zero-order valence-corrected chi connectivity index (χ0v) is 14.0. The highest BCUT2D eigenvalue weighted by molar-refractivity contribution is 6.30. The Morgan fingerprint density at radius 1 is 1.38 bits per heavy atom. The summed E-state index contributed by atoms with van der Waals surface area (Å²) < 4.78 is 5.72. The first-order valence-electron chi connectivity index (χ1n) is 8.00. The third-order valence-electron chi connectivity index (χ3n) is 4.10. The van der Waals surface area contributed by atoms with Crippen LogP contribution in [0.25, 0.3) is 0 Å². The van der Waals surface area contributed by atoms with E-state index in [1.165, 1.54) is 0 Å². The number of ether oxygens (including phenoxy) is 1. The number of hydrogen-bond acceptors (Lipinski definition) is 4. The molecule has 1 amide bonds. The van der Waals surface area contributed by atoms with Gasteiger partial charge in [0, 0.05) is 23.0 Å². The Labute approximate surface area is 146 Å². The highest BCUT2D eigenvalue weighted by Crippen LogP contribution is 2.33. The van der Waals surface area contributed by atoms with E-state index in [1.807, 2.05) is 24.3 Å². The Morgan fingerprint density at radius 2 is 2.17 bits per heavy atom. The quantitative estimate of drug-likeness (QED) is 0.893. The molecule has 0 fully saturated rings. The van der Waals surface area contributed by atoms with Crippen molar-refractivity contribution in [2.75, 3.05) is 6.61 Å². The van der Waals surface area contributed by atoms with Gasteiger partial charge in [-0.2, -0.15) is 0 Å². The van der Waals surface area contributed by atoms with Crippen molar-refractivity contribution < 1.29 is 9.53 Å². The van der Waals surface area contributed by atoms with Gasteiger partial charge in [-0.05, 0) is 49.1 Å². The summed E-state index contributed by atoms with van der Waals surface area (Å²) >= 11 is 6.03. The summed E-state index contributed by atoms with van der Waals surface area (Å²) in [5.41, 5.74) is 8.00. The summed E-state index contributed by atoms with van der Waals surface area (Å²) in [4.78, 5) is 16.5. The number of pyridine rings is 1. The normalized spacial score (nSPS) is 18.0. The van der Waals surface area contributed by atoms with Crippen LogP contribution in [0.3, 0.4) is 0 Å². The lowest BCUT2D eigenvalue weighted by molar-refractivity contribution is -0.123. The van der Waals surface area contributed by atoms with Crippen LogP contribution >= 0.6 is 11.6 Å². The molecule has 1 aliphatic rings. The number of carbonyl (C=O) groups is 1. The Morgan fingerprint density at radius 3 is 2.96 bits per heavy atom. The van der Waals surface area contributed by atoms with Crippen molar-refractivity contribution in [3.05, 3.63) is 58.9 Å². The van der Waals surface area contributed by atoms with Crippen molar-refractivity contribution in [2.24, 2.45) is 5.73 Å². The van der Waals surface area contributed by atoms with Gasteiger partial charge in [-0.25, -0.2) is 0 Å². The summed E-state index contributed by atoms with van der Waals surface area (Å²) in [6, 6.07) is 8.52. The first kappa shape index (κ1) is 16.7. The van der Waals surface area contributed by atoms with Gasteiger partial charge in [-0.1, -0.05) is 17.7 Å². The fourth-order valence-corrected chi connectivity index (χ4v) is 3.00. The van der Waals surface area contributed by atoms with Gasteiger partial charge in [-0.3, -0.25) is 9.78 Å². The monoisotopic (exact) mass is 345 g/mol. The van der Waals surface area contributed by atoms with Crippen molar-refractivity contribution >= 4 is 17.5 Å². The van der Waals surface area contributed by atoms with Gasteiger partial charge in [0.1, 0.15) is 5.75 Å². The van der Waals surface area contributed by atoms with Crippen LogP contribution in [0.5, 0.6) is 5.75 Å². The van der Waals surface area contributed by atoms with Gasteiger partial charge in [0.25, 0.3) is 0 Å². The predicted molar refractivity (Wildman–Crippen MR) is 93.0 cm³/mol. The maximum atomic E-state index is 12.5. The minimum Gasteiger partial charge on any atom is -0.493 e. The van der Waals surface area contributed by atoms with E-state index in [1.54, 1.807) is 18.5 Å². The minimum atomic E-state index is -0.604. The molecule has 0 aliphatic carbocycles. The molecule has 2 atom stereocenters. The molecular weight excluding hydrogens is 326 g/mol. The summed E-state index contributed by atoms with van der Waals surface area (Å²) in [6.45, 7) is 0.614. The van der Waals surface area contributed by atoms with E-state index in [0.29, 0.717) is 18.1 Å². The molecule has 126 valence electrons. The lowest BCUT2D eigenvalue weighted by Crippen LogP contribution is -2.43. The maximum Gasteiger partial charge on any atom is 0.237 e. The molecule has 0 spiro atoms. The van der Waals surface area contributed by atoms with E-state index in [2.05, 4.69) is 10.3 Å². The SMILES string of the molecule is N[C@@H](Cc1ccncc1)C(=O)NC1CCCOc2cc(Cl)ccc21. The highest BCUT2D eigenvalue weighted by Gasteiger charge is 2.24. The van der Waals surface area contributed by atoms with Crippen molar-refractivity contribution in [2.45, 2.75) is 31.3 Å². The number of rotatable bonds is 4. The molecule has 2 aromatic rings. The van der Waals surface area contributed by atoms with Crippen LogP contribution < -0.4 is 15.8 Å². The van der Waals surface area contributed by atoms with Crippen LogP contribution in [-0.2, 0) is 11.2 Å². The van der Waals surface area contributed by atoms with Gasteiger partial charge < -0.3 is 15.8 Å². The van der Waals surface area contributed by atoms with E-state index in [0.717, 1.165) is 29.7 Å². The molecule has 1 unspecified atom stereocenters. The number of halogens is 1. The van der Waals surface area contributed by atoms with Gasteiger partial charge >= 0.3 is 0 Å². The summed E-state index contributed by atoms with van der Waals surface area (Å²) in [5, 5.41) is 3.67. The maximum absolute atomic E-state index is 12.5. The number of benzene rings is 1. The molecule has 5 nitrogen and oxygen atoms in total. The Kier molecular flexibility index (Phi) is 5.33. The average Bonchev–Trinajstić information content (AvgIpc) is 2.77. The molecule has 1 aliphatic heterocycles. The van der Waals surface area contributed by atoms with Crippen LogP contribution in [0, 0.1) is 0 Å². The number of amides is 1. The second-order valence-electron chi connectivity index (χ2n) is 5.90. The summed E-state index contributed by atoms with van der Waals surface area (Å²) in [6.07, 6.45) is 5.54. The van der Waals surface area contributed by atoms with Crippen molar-refractivity contribution in [3.8, 4) is 5.75 Å². The molecule has 1 aromatic heterocycles. The molecule has 2 heterocycles. The summed E-state index contributed by atoms with van der Waals surface area (Å²) in [5.74, 6) is 0.563. The highest BCUT2D eigenvalue weighted by atomic mass is 35.5. The van der Waals surface area contributed by atoms with Gasteiger partial charge in [-0.15, -0.1) is 0 Å². The molecule has 1 aromatic carbocycles. The number of carbonyl (C=O) groups excluding carboxylic acids is 1. The number of hydrogen-bond donors (Lipinski definition) is 2. The van der Waals surface area contributed by atoms with E-state index in [-0.39, 0.29) is 11.9 Å². The third kappa shape index (κ3) is 4.04. The molecule has 0 saturated heterocycles. The number of nitrogens with one attached hydrogen (secondary N) is 1. The topological polar surface area (TPSA) is 77.2 Å². The molecule has 24 heavy (non-hydrogen) atoms. The van der Waals surface area contributed by atoms with E-state index in [9.17, 15) is 4.79 Å². The van der Waals surface area contributed by atoms with Crippen LogP contribution in [0.4, 0.5) is 0 Å². The van der Waals surface area contributed by atoms with E-state index < -0.39 is 6.04 Å². The smallest absolute Gasteiger partial charge is 0.237 e.